The van der Waals surface area contributed by atoms with Crippen molar-refractivity contribution in [3.63, 3.8) is 0 Å². The number of pyridine rings is 1. The first-order valence-electron chi connectivity index (χ1n) is 13.2. The van der Waals surface area contributed by atoms with Crippen molar-refractivity contribution in [2.24, 2.45) is 10.4 Å². The lowest BCUT2D eigenvalue weighted by molar-refractivity contribution is -0.170. The fourth-order valence-electron chi connectivity index (χ4n) is 6.34. The minimum atomic E-state index is -4.60. The molecule has 1 spiro atoms. The molecule has 1 aromatic heterocycles. The maximum absolute atomic E-state index is 13.4. The topological polar surface area (TPSA) is 115 Å². The molecule has 0 unspecified atom stereocenters. The molecule has 2 aromatic rings. The van der Waals surface area contributed by atoms with Gasteiger partial charge in [0.2, 0.25) is 5.91 Å². The lowest BCUT2D eigenvalue weighted by Crippen LogP contribution is -2.59. The van der Waals surface area contributed by atoms with Crippen LogP contribution in [0.5, 0.6) is 0 Å². The average molecular weight is 566 g/mol. The van der Waals surface area contributed by atoms with Crippen molar-refractivity contribution in [1.82, 2.24) is 20.3 Å². The van der Waals surface area contributed by atoms with E-state index in [1.165, 1.54) is 12.4 Å². The zero-order valence-electron chi connectivity index (χ0n) is 21.9. The predicted octanol–water partition coefficient (Wildman–Crippen LogP) is 3.32. The summed E-state index contributed by atoms with van der Waals surface area (Å²) in [6.07, 6.45) is 2.04. The summed E-state index contributed by atoms with van der Waals surface area (Å²) in [4.78, 5) is 48.8. The zero-order chi connectivity index (χ0) is 29.1. The van der Waals surface area contributed by atoms with Crippen LogP contribution in [0.1, 0.15) is 46.4 Å². The van der Waals surface area contributed by atoms with Gasteiger partial charge in [-0.3, -0.25) is 24.6 Å². The summed E-state index contributed by atoms with van der Waals surface area (Å²) in [5.41, 5.74) is 1.68. The van der Waals surface area contributed by atoms with Crippen molar-refractivity contribution >= 4 is 23.6 Å². The number of hydroxylamine groups is 2. The molecule has 0 radical (unpaired) electrons. The molecule has 3 amide bonds. The third-order valence-electron chi connectivity index (χ3n) is 8.39. The van der Waals surface area contributed by atoms with Crippen molar-refractivity contribution in [3.8, 4) is 0 Å². The molecular formula is C29H26F3N5O4. The molecule has 0 bridgehead atoms. The summed E-state index contributed by atoms with van der Waals surface area (Å²) in [5.74, 6) is -2.13. The summed E-state index contributed by atoms with van der Waals surface area (Å²) < 4.78 is 40.3. The molecule has 6 rings (SSSR count). The molecule has 9 nitrogen and oxygen atoms in total. The van der Waals surface area contributed by atoms with Crippen LogP contribution in [0.4, 0.5) is 13.2 Å². The highest BCUT2D eigenvalue weighted by Crippen LogP contribution is 2.48. The summed E-state index contributed by atoms with van der Waals surface area (Å²) in [6.45, 7) is 0.173. The van der Waals surface area contributed by atoms with Crippen LogP contribution >= 0.6 is 0 Å². The number of aromatic nitrogens is 1. The van der Waals surface area contributed by atoms with Gasteiger partial charge in [0.25, 0.3) is 11.8 Å². The smallest absolute Gasteiger partial charge is 0.340 e. The minimum Gasteiger partial charge on any atom is -0.340 e. The van der Waals surface area contributed by atoms with Crippen LogP contribution in [-0.2, 0) is 22.4 Å². The molecule has 4 heterocycles. The Balaban J connectivity index is 1.24. The Morgan fingerprint density at radius 2 is 1.95 bits per heavy atom. The average Bonchev–Trinajstić information content (AvgIpc) is 3.45. The fraction of sp³-hybridized carbons (Fsp3) is 0.345. The van der Waals surface area contributed by atoms with E-state index in [4.69, 9.17) is 0 Å². The van der Waals surface area contributed by atoms with Gasteiger partial charge < -0.3 is 10.2 Å². The number of aliphatic imine (C=N–C) groups is 1. The number of carbonyl (C=O) groups excluding carboxylic acids is 3. The van der Waals surface area contributed by atoms with Crippen LogP contribution in [-0.4, -0.2) is 68.5 Å². The van der Waals surface area contributed by atoms with Crippen LogP contribution < -0.4 is 5.32 Å². The highest BCUT2D eigenvalue weighted by molar-refractivity contribution is 6.17. The predicted molar refractivity (Wildman–Crippen MR) is 140 cm³/mol. The molecule has 3 aliphatic heterocycles. The van der Waals surface area contributed by atoms with Crippen LogP contribution in [0.15, 0.2) is 71.5 Å². The first-order valence-corrected chi connectivity index (χ1v) is 13.2. The van der Waals surface area contributed by atoms with E-state index in [-0.39, 0.29) is 30.7 Å². The molecule has 41 heavy (non-hydrogen) atoms. The van der Waals surface area contributed by atoms with Gasteiger partial charge in [0.1, 0.15) is 12.6 Å². The second-order valence-electron chi connectivity index (χ2n) is 10.9. The van der Waals surface area contributed by atoms with E-state index in [0.29, 0.717) is 16.8 Å². The number of rotatable bonds is 4. The number of fused-ring (bicyclic) bond motifs is 3. The number of allylic oxidation sites excluding steroid dienone is 2. The Morgan fingerprint density at radius 3 is 2.68 bits per heavy atom. The standard InChI is InChI=1S/C29H26F3N5O4/c1-16-20(17-6-3-2-4-7-17)11-22(26(39)36(16)15-29(30,31)32)34-25(38)19-10-18-12-28(13-23(18)33-14-19)21-8-5-9-37(41)24(21)35-27(28)40/h2-10,14,16,20,22,41H,11-13,15H2,1H3,(H,34,38)/t16-,20-,22+,28+/m1/s1. The third kappa shape index (κ3) is 4.61. The summed E-state index contributed by atoms with van der Waals surface area (Å²) in [6, 6.07) is 8.65. The van der Waals surface area contributed by atoms with Crippen LogP contribution in [0.2, 0.25) is 0 Å². The maximum atomic E-state index is 13.4. The van der Waals surface area contributed by atoms with Gasteiger partial charge in [-0.1, -0.05) is 36.4 Å². The van der Waals surface area contributed by atoms with E-state index in [1.807, 2.05) is 0 Å². The van der Waals surface area contributed by atoms with E-state index in [2.05, 4.69) is 15.3 Å². The number of amides is 3. The highest BCUT2D eigenvalue weighted by atomic mass is 19.4. The van der Waals surface area contributed by atoms with E-state index in [0.717, 1.165) is 15.5 Å². The van der Waals surface area contributed by atoms with Gasteiger partial charge in [-0.15, -0.1) is 0 Å². The quantitative estimate of drug-likeness (QED) is 0.588. The van der Waals surface area contributed by atoms with Gasteiger partial charge >= 0.3 is 6.18 Å². The lowest BCUT2D eigenvalue weighted by Gasteiger charge is -2.43. The number of likely N-dealkylation sites (tertiary alicyclic amines) is 1. The lowest BCUT2D eigenvalue weighted by atomic mass is 9.77. The summed E-state index contributed by atoms with van der Waals surface area (Å²) in [5, 5.41) is 13.5. The largest absolute Gasteiger partial charge is 0.406 e. The first kappa shape index (κ1) is 26.9. The summed E-state index contributed by atoms with van der Waals surface area (Å²) in [7, 11) is 0. The van der Waals surface area contributed by atoms with E-state index in [9.17, 15) is 32.8 Å². The van der Waals surface area contributed by atoms with E-state index >= 15 is 0 Å². The fourth-order valence-corrected chi connectivity index (χ4v) is 6.34. The Kier molecular flexibility index (Phi) is 6.33. The number of halogens is 3. The van der Waals surface area contributed by atoms with E-state index < -0.39 is 53.9 Å². The van der Waals surface area contributed by atoms with Crippen molar-refractivity contribution < 1.29 is 32.8 Å². The van der Waals surface area contributed by atoms with Crippen molar-refractivity contribution in [2.45, 2.75) is 50.4 Å². The van der Waals surface area contributed by atoms with Crippen molar-refractivity contribution in [2.75, 3.05) is 6.54 Å². The molecule has 2 N–H and O–H groups in total. The van der Waals surface area contributed by atoms with Crippen LogP contribution in [0, 0.1) is 5.41 Å². The Hall–Kier alpha value is -4.32. The monoisotopic (exact) mass is 565 g/mol. The zero-order valence-corrected chi connectivity index (χ0v) is 21.9. The van der Waals surface area contributed by atoms with Gasteiger partial charge in [-0.2, -0.15) is 18.2 Å². The van der Waals surface area contributed by atoms with Gasteiger partial charge in [-0.05, 0) is 43.0 Å². The molecule has 4 atom stereocenters. The normalized spacial score (nSPS) is 27.1. The molecule has 212 valence electrons. The summed E-state index contributed by atoms with van der Waals surface area (Å²) >= 11 is 0. The first-order chi connectivity index (χ1) is 19.5. The second-order valence-corrected chi connectivity index (χ2v) is 10.9. The molecule has 1 fully saturated rings. The maximum Gasteiger partial charge on any atom is 0.406 e. The SMILES string of the molecule is C[C@@H]1[C@H](c2ccccc2)C[C@H](NC(=O)c2cnc3c(c2)C[C@@]2(C3)C(=O)N=C3C2=CC=CN3O)C(=O)N1CC(F)(F)F. The van der Waals surface area contributed by atoms with Gasteiger partial charge in [0, 0.05) is 42.0 Å². The number of nitrogens with one attached hydrogen (secondary N) is 1. The number of amidine groups is 1. The van der Waals surface area contributed by atoms with Gasteiger partial charge in [-0.25, -0.2) is 5.06 Å². The third-order valence-corrected chi connectivity index (χ3v) is 8.39. The van der Waals surface area contributed by atoms with Gasteiger partial charge in [0.15, 0.2) is 5.84 Å². The number of benzene rings is 1. The Bertz CT molecular complexity index is 1540. The molecule has 1 aromatic carbocycles. The molecule has 1 aliphatic carbocycles. The number of hydrogen-bond acceptors (Lipinski definition) is 6. The van der Waals surface area contributed by atoms with Crippen molar-refractivity contribution in [3.05, 3.63) is 88.9 Å². The highest BCUT2D eigenvalue weighted by Gasteiger charge is 2.54. The van der Waals surface area contributed by atoms with E-state index in [1.54, 1.807) is 55.5 Å². The minimum absolute atomic E-state index is 0.124. The molecule has 1 saturated heterocycles. The molecular weight excluding hydrogens is 539 g/mol. The Morgan fingerprint density at radius 1 is 1.20 bits per heavy atom. The Labute approximate surface area is 233 Å². The molecule has 4 aliphatic rings. The van der Waals surface area contributed by atoms with Gasteiger partial charge in [0.05, 0.1) is 11.0 Å². The molecule has 12 heteroatoms. The number of carbonyl (C=O) groups is 3. The molecule has 0 saturated carbocycles. The number of nitrogens with zero attached hydrogens (tertiary/aromatic N) is 4. The van der Waals surface area contributed by atoms with Crippen LogP contribution in [0.3, 0.4) is 0 Å². The number of piperidine rings is 1. The van der Waals surface area contributed by atoms with Crippen molar-refractivity contribution in [1.29, 1.82) is 0 Å². The second kappa shape index (κ2) is 9.65. The number of alkyl halides is 3. The number of hydrogen-bond donors (Lipinski definition) is 2. The van der Waals surface area contributed by atoms with Crippen LogP contribution in [0.25, 0.3) is 0 Å².